The molecule has 8 heteroatoms. The number of methoxy groups -OCH3 is 1. The average molecular weight is 384 g/mol. The van der Waals surface area contributed by atoms with Crippen molar-refractivity contribution in [2.75, 3.05) is 11.8 Å². The molecule has 0 radical (unpaired) electrons. The normalized spacial score (nSPS) is 11.2. The number of halogens is 1. The second-order valence-corrected chi connectivity index (χ2v) is 7.46. The maximum Gasteiger partial charge on any atom is 0.337 e. The summed E-state index contributed by atoms with van der Waals surface area (Å²) in [6.45, 7) is 3.67. The van der Waals surface area contributed by atoms with Crippen molar-refractivity contribution in [3.63, 3.8) is 0 Å². The van der Waals surface area contributed by atoms with Crippen LogP contribution in [0.2, 0.25) is 5.02 Å². The number of nitrogens with one attached hydrogen (secondary N) is 1. The molecular weight excluding hydrogens is 366 g/mol. The van der Waals surface area contributed by atoms with E-state index in [4.69, 9.17) is 16.3 Å². The number of carbonyl (C=O) groups is 1. The van der Waals surface area contributed by atoms with Gasteiger partial charge < -0.3 is 9.47 Å². The minimum atomic E-state index is -4.04. The van der Waals surface area contributed by atoms with Gasteiger partial charge in [0.05, 0.1) is 29.5 Å². The summed E-state index contributed by atoms with van der Waals surface area (Å²) in [5, 5.41) is -0.0117. The Labute approximate surface area is 151 Å². The molecule has 1 N–H and O–H groups in total. The Hall–Kier alpha value is -2.25. The molecule has 25 heavy (non-hydrogen) atoms. The van der Waals surface area contributed by atoms with Gasteiger partial charge in [-0.1, -0.05) is 23.7 Å². The molecule has 0 aromatic heterocycles. The van der Waals surface area contributed by atoms with Crippen LogP contribution in [0.5, 0.6) is 5.75 Å². The van der Waals surface area contributed by atoms with Crippen molar-refractivity contribution in [1.82, 2.24) is 0 Å². The lowest BCUT2D eigenvalue weighted by Crippen LogP contribution is -2.16. The molecule has 0 atom stereocenters. The second kappa shape index (κ2) is 7.76. The Bertz CT molecular complexity index is 880. The van der Waals surface area contributed by atoms with Gasteiger partial charge in [-0.05, 0) is 44.2 Å². The molecule has 0 spiro atoms. The summed E-state index contributed by atoms with van der Waals surface area (Å²) in [7, 11) is -2.83. The van der Waals surface area contributed by atoms with Crippen molar-refractivity contribution < 1.29 is 22.7 Å². The highest BCUT2D eigenvalue weighted by Crippen LogP contribution is 2.30. The van der Waals surface area contributed by atoms with E-state index >= 15 is 0 Å². The number of benzene rings is 2. The van der Waals surface area contributed by atoms with E-state index < -0.39 is 16.0 Å². The highest BCUT2D eigenvalue weighted by Gasteiger charge is 2.22. The van der Waals surface area contributed by atoms with E-state index in [2.05, 4.69) is 9.46 Å². The predicted octanol–water partition coefficient (Wildman–Crippen LogP) is 3.71. The van der Waals surface area contributed by atoms with Crippen molar-refractivity contribution in [3.8, 4) is 5.75 Å². The fraction of sp³-hybridized carbons (Fsp3) is 0.235. The fourth-order valence-electron chi connectivity index (χ4n) is 2.06. The topological polar surface area (TPSA) is 81.7 Å². The lowest BCUT2D eigenvalue weighted by Gasteiger charge is -2.16. The van der Waals surface area contributed by atoms with Gasteiger partial charge in [-0.2, -0.15) is 0 Å². The van der Waals surface area contributed by atoms with E-state index in [1.165, 1.54) is 25.3 Å². The fourth-order valence-corrected chi connectivity index (χ4v) is 3.66. The molecule has 0 aliphatic carbocycles. The van der Waals surface area contributed by atoms with Gasteiger partial charge in [0.25, 0.3) is 10.0 Å². The number of esters is 1. The SMILES string of the molecule is COC(=O)c1ccc(Cl)c(S(=O)(=O)Nc2ccccc2OC(C)C)c1. The first-order valence-corrected chi connectivity index (χ1v) is 9.27. The molecule has 0 saturated carbocycles. The van der Waals surface area contributed by atoms with Gasteiger partial charge in [0.1, 0.15) is 10.6 Å². The van der Waals surface area contributed by atoms with E-state index in [1.54, 1.807) is 24.3 Å². The third-order valence-corrected chi connectivity index (χ3v) is 4.98. The molecule has 0 bridgehead atoms. The van der Waals surface area contributed by atoms with E-state index in [0.717, 1.165) is 0 Å². The van der Waals surface area contributed by atoms with Crippen LogP contribution >= 0.6 is 11.6 Å². The Morgan fingerprint density at radius 2 is 1.84 bits per heavy atom. The van der Waals surface area contributed by atoms with Crippen LogP contribution in [0.25, 0.3) is 0 Å². The van der Waals surface area contributed by atoms with Crippen molar-refractivity contribution in [2.24, 2.45) is 0 Å². The predicted molar refractivity (Wildman–Crippen MR) is 95.8 cm³/mol. The zero-order valence-electron chi connectivity index (χ0n) is 13.9. The lowest BCUT2D eigenvalue weighted by atomic mass is 10.2. The van der Waals surface area contributed by atoms with Gasteiger partial charge in [-0.15, -0.1) is 0 Å². The summed E-state index contributed by atoms with van der Waals surface area (Å²) in [5.74, 6) is -0.266. The number of sulfonamides is 1. The Morgan fingerprint density at radius 3 is 2.48 bits per heavy atom. The number of rotatable bonds is 6. The molecule has 0 unspecified atom stereocenters. The van der Waals surface area contributed by atoms with Gasteiger partial charge in [-0.3, -0.25) is 4.72 Å². The van der Waals surface area contributed by atoms with Crippen molar-refractivity contribution in [1.29, 1.82) is 0 Å². The van der Waals surface area contributed by atoms with Gasteiger partial charge >= 0.3 is 5.97 Å². The summed E-state index contributed by atoms with van der Waals surface area (Å²) in [5.41, 5.74) is 0.356. The third-order valence-electron chi connectivity index (χ3n) is 3.14. The molecule has 0 fully saturated rings. The summed E-state index contributed by atoms with van der Waals surface area (Å²) in [6, 6.07) is 10.5. The summed E-state index contributed by atoms with van der Waals surface area (Å²) in [4.78, 5) is 11.4. The molecule has 0 heterocycles. The van der Waals surface area contributed by atoms with Gasteiger partial charge in [-0.25, -0.2) is 13.2 Å². The number of hydrogen-bond donors (Lipinski definition) is 1. The molecule has 134 valence electrons. The van der Waals surface area contributed by atoms with E-state index in [9.17, 15) is 13.2 Å². The van der Waals surface area contributed by atoms with Crippen molar-refractivity contribution in [3.05, 3.63) is 53.1 Å². The quantitative estimate of drug-likeness (QED) is 0.769. The smallest absolute Gasteiger partial charge is 0.337 e. The largest absolute Gasteiger partial charge is 0.489 e. The summed E-state index contributed by atoms with van der Waals surface area (Å²) >= 11 is 6.02. The molecule has 0 amide bonds. The zero-order valence-corrected chi connectivity index (χ0v) is 15.5. The van der Waals surface area contributed by atoms with Crippen LogP contribution in [-0.2, 0) is 14.8 Å². The average Bonchev–Trinajstić information content (AvgIpc) is 2.55. The number of ether oxygens (including phenoxy) is 2. The van der Waals surface area contributed by atoms with Gasteiger partial charge in [0, 0.05) is 0 Å². The van der Waals surface area contributed by atoms with Crippen LogP contribution in [0.1, 0.15) is 24.2 Å². The summed E-state index contributed by atoms with van der Waals surface area (Å²) < 4.78 is 38.1. The van der Waals surface area contributed by atoms with Crippen LogP contribution < -0.4 is 9.46 Å². The van der Waals surface area contributed by atoms with Gasteiger partial charge in [0.2, 0.25) is 0 Å². The molecule has 2 aromatic rings. The van der Waals surface area contributed by atoms with Crippen LogP contribution in [0.15, 0.2) is 47.4 Å². The monoisotopic (exact) mass is 383 g/mol. The summed E-state index contributed by atoms with van der Waals surface area (Å²) in [6.07, 6.45) is -0.128. The van der Waals surface area contributed by atoms with Crippen LogP contribution in [-0.4, -0.2) is 27.6 Å². The lowest BCUT2D eigenvalue weighted by molar-refractivity contribution is 0.0600. The second-order valence-electron chi connectivity index (χ2n) is 5.41. The van der Waals surface area contributed by atoms with E-state index in [-0.39, 0.29) is 27.3 Å². The zero-order chi connectivity index (χ0) is 18.6. The highest BCUT2D eigenvalue weighted by molar-refractivity contribution is 7.92. The van der Waals surface area contributed by atoms with Gasteiger partial charge in [0.15, 0.2) is 0 Å². The minimum Gasteiger partial charge on any atom is -0.489 e. The molecule has 0 aliphatic rings. The number of carbonyl (C=O) groups excluding carboxylic acids is 1. The maximum atomic E-state index is 12.7. The van der Waals surface area contributed by atoms with Crippen molar-refractivity contribution >= 4 is 33.3 Å². The van der Waals surface area contributed by atoms with Crippen LogP contribution in [0, 0.1) is 0 Å². The first kappa shape index (κ1) is 19.1. The van der Waals surface area contributed by atoms with Crippen LogP contribution in [0.3, 0.4) is 0 Å². The van der Waals surface area contributed by atoms with E-state index in [1.807, 2.05) is 13.8 Å². The standard InChI is InChI=1S/C17H18ClNO5S/c1-11(2)24-15-7-5-4-6-14(15)19-25(21,22)16-10-12(17(20)23-3)8-9-13(16)18/h4-11,19H,1-3H3. The molecule has 2 rings (SSSR count). The molecular formula is C17H18ClNO5S. The molecule has 6 nitrogen and oxygen atoms in total. The molecule has 0 aliphatic heterocycles. The van der Waals surface area contributed by atoms with E-state index in [0.29, 0.717) is 5.75 Å². The number of para-hydroxylation sites is 2. The number of anilines is 1. The minimum absolute atomic E-state index is 0.0117. The molecule has 2 aromatic carbocycles. The Morgan fingerprint density at radius 1 is 1.16 bits per heavy atom. The van der Waals surface area contributed by atoms with Crippen molar-refractivity contribution in [2.45, 2.75) is 24.8 Å². The molecule has 0 saturated heterocycles. The number of hydrogen-bond acceptors (Lipinski definition) is 5. The Kier molecular flexibility index (Phi) is 5.92. The highest BCUT2D eigenvalue weighted by atomic mass is 35.5. The Balaban J connectivity index is 2.42. The maximum absolute atomic E-state index is 12.7. The first-order valence-electron chi connectivity index (χ1n) is 7.41. The first-order chi connectivity index (χ1) is 11.7. The van der Waals surface area contributed by atoms with Crippen LogP contribution in [0.4, 0.5) is 5.69 Å². The third kappa shape index (κ3) is 4.64.